The third-order valence-corrected chi connectivity index (χ3v) is 1.97. The summed E-state index contributed by atoms with van der Waals surface area (Å²) in [7, 11) is 0. The van der Waals surface area contributed by atoms with E-state index in [9.17, 15) is 13.6 Å². The third kappa shape index (κ3) is 4.80. The molecule has 1 amide bonds. The molecule has 0 aliphatic carbocycles. The Morgan fingerprint density at radius 1 is 1.35 bits per heavy atom. The fourth-order valence-electron chi connectivity index (χ4n) is 1.34. The van der Waals surface area contributed by atoms with Crippen molar-refractivity contribution in [3.8, 4) is 5.75 Å². The number of carbonyl (C=O) groups is 1. The molecule has 5 heteroatoms. The fourth-order valence-corrected chi connectivity index (χ4v) is 1.34. The van der Waals surface area contributed by atoms with Gasteiger partial charge in [0.1, 0.15) is 5.75 Å². The Balaban J connectivity index is 2.72. The Bertz CT molecular complexity index is 381. The lowest BCUT2D eigenvalue weighted by molar-refractivity contribution is -0.116. The highest BCUT2D eigenvalue weighted by atomic mass is 19.3. The van der Waals surface area contributed by atoms with E-state index in [1.165, 1.54) is 12.1 Å². The lowest BCUT2D eigenvalue weighted by atomic mass is 10.1. The van der Waals surface area contributed by atoms with Gasteiger partial charge in [0.2, 0.25) is 5.91 Å². The summed E-state index contributed by atoms with van der Waals surface area (Å²) < 4.78 is 28.5. The summed E-state index contributed by atoms with van der Waals surface area (Å²) in [5, 5.41) is 2.55. The van der Waals surface area contributed by atoms with Crippen LogP contribution in [0.3, 0.4) is 0 Å². The van der Waals surface area contributed by atoms with Gasteiger partial charge in [-0.05, 0) is 18.1 Å². The lowest BCUT2D eigenvalue weighted by Gasteiger charge is -2.12. The van der Waals surface area contributed by atoms with Crippen LogP contribution < -0.4 is 10.1 Å². The highest BCUT2D eigenvalue weighted by Gasteiger charge is 2.11. The highest BCUT2D eigenvalue weighted by Crippen LogP contribution is 2.25. The molecule has 0 aliphatic heterocycles. The second-order valence-electron chi connectivity index (χ2n) is 4.02. The van der Waals surface area contributed by atoms with Crippen LogP contribution in [0.4, 0.5) is 14.5 Å². The van der Waals surface area contributed by atoms with E-state index in [0.717, 1.165) is 0 Å². The Morgan fingerprint density at radius 2 is 2.00 bits per heavy atom. The largest absolute Gasteiger partial charge is 0.433 e. The number of benzene rings is 1. The monoisotopic (exact) mass is 243 g/mol. The number of carbonyl (C=O) groups excluding carboxylic acids is 1. The van der Waals surface area contributed by atoms with Crippen molar-refractivity contribution in [2.75, 3.05) is 5.32 Å². The number of rotatable bonds is 5. The van der Waals surface area contributed by atoms with Gasteiger partial charge in [0, 0.05) is 6.42 Å². The number of anilines is 1. The van der Waals surface area contributed by atoms with Crippen molar-refractivity contribution in [1.29, 1.82) is 0 Å². The van der Waals surface area contributed by atoms with Gasteiger partial charge in [-0.3, -0.25) is 4.79 Å². The van der Waals surface area contributed by atoms with Crippen LogP contribution in [-0.4, -0.2) is 12.5 Å². The third-order valence-electron chi connectivity index (χ3n) is 1.97. The average Bonchev–Trinajstić information content (AvgIpc) is 2.18. The summed E-state index contributed by atoms with van der Waals surface area (Å²) in [4.78, 5) is 11.5. The first-order valence-corrected chi connectivity index (χ1v) is 5.32. The Morgan fingerprint density at radius 3 is 2.59 bits per heavy atom. The Kier molecular flexibility index (Phi) is 4.87. The molecule has 0 spiro atoms. The van der Waals surface area contributed by atoms with Crippen LogP contribution in [-0.2, 0) is 4.79 Å². The first-order chi connectivity index (χ1) is 7.99. The number of halogens is 2. The van der Waals surface area contributed by atoms with E-state index in [2.05, 4.69) is 10.1 Å². The quantitative estimate of drug-likeness (QED) is 0.861. The second kappa shape index (κ2) is 6.18. The van der Waals surface area contributed by atoms with Crippen molar-refractivity contribution in [2.24, 2.45) is 5.92 Å². The summed E-state index contributed by atoms with van der Waals surface area (Å²) in [5.41, 5.74) is 0.262. The van der Waals surface area contributed by atoms with E-state index in [1.54, 1.807) is 12.1 Å². The van der Waals surface area contributed by atoms with Gasteiger partial charge in [0.15, 0.2) is 0 Å². The maximum Gasteiger partial charge on any atom is 0.387 e. The number of amides is 1. The molecular formula is C12H15F2NO2. The van der Waals surface area contributed by atoms with Crippen LogP contribution >= 0.6 is 0 Å². The van der Waals surface area contributed by atoms with Gasteiger partial charge in [-0.15, -0.1) is 0 Å². The summed E-state index contributed by atoms with van der Waals surface area (Å²) >= 11 is 0. The number of nitrogens with one attached hydrogen (secondary N) is 1. The normalized spacial score (nSPS) is 10.7. The molecule has 1 aromatic rings. The van der Waals surface area contributed by atoms with Crippen LogP contribution in [0.2, 0.25) is 0 Å². The zero-order chi connectivity index (χ0) is 12.8. The number of ether oxygens (including phenoxy) is 1. The molecule has 0 saturated carbocycles. The molecule has 1 rings (SSSR count). The van der Waals surface area contributed by atoms with E-state index in [0.29, 0.717) is 6.42 Å². The van der Waals surface area contributed by atoms with E-state index in [4.69, 9.17) is 0 Å². The zero-order valence-corrected chi connectivity index (χ0v) is 9.74. The summed E-state index contributed by atoms with van der Waals surface area (Å²) in [5.74, 6) is -0.0388. The predicted octanol–water partition coefficient (Wildman–Crippen LogP) is 3.27. The topological polar surface area (TPSA) is 38.3 Å². The molecule has 0 atom stereocenters. The van der Waals surface area contributed by atoms with Crippen molar-refractivity contribution < 1.29 is 18.3 Å². The molecule has 0 bridgehead atoms. The Hall–Kier alpha value is -1.65. The average molecular weight is 243 g/mol. The number of para-hydroxylation sites is 2. The fraction of sp³-hybridized carbons (Fsp3) is 0.417. The SMILES string of the molecule is CC(C)CC(=O)Nc1ccccc1OC(F)F. The molecule has 0 unspecified atom stereocenters. The van der Waals surface area contributed by atoms with E-state index in [-0.39, 0.29) is 23.3 Å². The van der Waals surface area contributed by atoms with Gasteiger partial charge >= 0.3 is 6.61 Å². The molecule has 0 aliphatic rings. The maximum absolute atomic E-state index is 12.1. The first-order valence-electron chi connectivity index (χ1n) is 5.32. The number of hydrogen-bond donors (Lipinski definition) is 1. The van der Waals surface area contributed by atoms with Crippen molar-refractivity contribution in [3.05, 3.63) is 24.3 Å². The summed E-state index contributed by atoms with van der Waals surface area (Å²) in [6, 6.07) is 6.12. The van der Waals surface area contributed by atoms with Gasteiger partial charge in [-0.2, -0.15) is 8.78 Å². The zero-order valence-electron chi connectivity index (χ0n) is 9.74. The molecule has 0 heterocycles. The van der Waals surface area contributed by atoms with E-state index < -0.39 is 6.61 Å². The molecule has 0 fully saturated rings. The molecule has 17 heavy (non-hydrogen) atoms. The molecule has 3 nitrogen and oxygen atoms in total. The van der Waals surface area contributed by atoms with Crippen LogP contribution in [0.1, 0.15) is 20.3 Å². The summed E-state index contributed by atoms with van der Waals surface area (Å²) in [6.07, 6.45) is 0.336. The maximum atomic E-state index is 12.1. The minimum Gasteiger partial charge on any atom is -0.433 e. The lowest BCUT2D eigenvalue weighted by Crippen LogP contribution is -2.15. The smallest absolute Gasteiger partial charge is 0.387 e. The van der Waals surface area contributed by atoms with Crippen molar-refractivity contribution in [1.82, 2.24) is 0 Å². The predicted molar refractivity (Wildman–Crippen MR) is 61.2 cm³/mol. The van der Waals surface area contributed by atoms with Crippen molar-refractivity contribution >= 4 is 11.6 Å². The van der Waals surface area contributed by atoms with Crippen LogP contribution in [0.5, 0.6) is 5.75 Å². The molecule has 0 saturated heterocycles. The van der Waals surface area contributed by atoms with E-state index in [1.807, 2.05) is 13.8 Å². The van der Waals surface area contributed by atoms with Crippen LogP contribution in [0.15, 0.2) is 24.3 Å². The van der Waals surface area contributed by atoms with Gasteiger partial charge in [-0.25, -0.2) is 0 Å². The minimum atomic E-state index is -2.90. The number of hydrogen-bond acceptors (Lipinski definition) is 2. The minimum absolute atomic E-state index is 0.0281. The first kappa shape index (κ1) is 13.4. The Labute approximate surface area is 98.8 Å². The number of alkyl halides is 2. The van der Waals surface area contributed by atoms with Gasteiger partial charge < -0.3 is 10.1 Å². The van der Waals surface area contributed by atoms with Crippen molar-refractivity contribution in [3.63, 3.8) is 0 Å². The second-order valence-corrected chi connectivity index (χ2v) is 4.02. The molecule has 94 valence electrons. The van der Waals surface area contributed by atoms with E-state index >= 15 is 0 Å². The molecule has 1 aromatic carbocycles. The standard InChI is InChI=1S/C12H15F2NO2/c1-8(2)7-11(16)15-9-5-3-4-6-10(9)17-12(13)14/h3-6,8,12H,7H2,1-2H3,(H,15,16). The highest BCUT2D eigenvalue weighted by molar-refractivity contribution is 5.92. The van der Waals surface area contributed by atoms with Crippen molar-refractivity contribution in [2.45, 2.75) is 26.9 Å². The molecule has 0 aromatic heterocycles. The summed E-state index contributed by atoms with van der Waals surface area (Å²) in [6.45, 7) is 0.903. The molecular weight excluding hydrogens is 228 g/mol. The van der Waals surface area contributed by atoms with Crippen LogP contribution in [0, 0.1) is 5.92 Å². The van der Waals surface area contributed by atoms with Crippen LogP contribution in [0.25, 0.3) is 0 Å². The molecule has 0 radical (unpaired) electrons. The molecule has 1 N–H and O–H groups in total. The van der Waals surface area contributed by atoms with Gasteiger partial charge in [0.25, 0.3) is 0 Å². The van der Waals surface area contributed by atoms with Gasteiger partial charge in [0.05, 0.1) is 5.69 Å². The van der Waals surface area contributed by atoms with Gasteiger partial charge in [-0.1, -0.05) is 26.0 Å².